The number of halogens is 1. The Bertz CT molecular complexity index is 1250. The summed E-state index contributed by atoms with van der Waals surface area (Å²) in [5.41, 5.74) is 0.456. The number of benzene rings is 1. The van der Waals surface area contributed by atoms with Crippen molar-refractivity contribution >= 4 is 35.2 Å². The highest BCUT2D eigenvalue weighted by molar-refractivity contribution is 6.27. The van der Waals surface area contributed by atoms with Crippen molar-refractivity contribution in [3.8, 4) is 11.5 Å². The molecule has 3 heterocycles. The first-order valence-corrected chi connectivity index (χ1v) is 13.0. The minimum atomic E-state index is -0.645. The molecular formula is C26H32ClN5O7. The number of rotatable bonds is 8. The molecule has 2 aliphatic heterocycles. The van der Waals surface area contributed by atoms with Gasteiger partial charge >= 0.3 is 0 Å². The van der Waals surface area contributed by atoms with E-state index in [1.54, 1.807) is 23.1 Å². The quantitative estimate of drug-likeness (QED) is 0.493. The molecule has 2 N–H and O–H groups in total. The number of amides is 4. The summed E-state index contributed by atoms with van der Waals surface area (Å²) in [4.78, 5) is 58.7. The molecule has 12 nitrogen and oxygen atoms in total. The molecule has 210 valence electrons. The topological polar surface area (TPSA) is 143 Å². The summed E-state index contributed by atoms with van der Waals surface area (Å²) in [5, 5.41) is 4.96. The summed E-state index contributed by atoms with van der Waals surface area (Å²) in [6.45, 7) is 4.70. The highest BCUT2D eigenvalue weighted by atomic mass is 35.5. The lowest BCUT2D eigenvalue weighted by Crippen LogP contribution is -2.53. The first-order valence-electron chi connectivity index (χ1n) is 12.6. The number of methoxy groups -OCH3 is 1. The number of oxazole rings is 1. The van der Waals surface area contributed by atoms with E-state index in [-0.39, 0.29) is 59.8 Å². The van der Waals surface area contributed by atoms with Gasteiger partial charge in [0.25, 0.3) is 17.2 Å². The summed E-state index contributed by atoms with van der Waals surface area (Å²) < 4.78 is 16.2. The van der Waals surface area contributed by atoms with Gasteiger partial charge in [0.1, 0.15) is 6.26 Å². The third-order valence-electron chi connectivity index (χ3n) is 6.96. The third-order valence-corrected chi connectivity index (χ3v) is 7.14. The van der Waals surface area contributed by atoms with E-state index >= 15 is 0 Å². The van der Waals surface area contributed by atoms with Gasteiger partial charge in [0.15, 0.2) is 17.2 Å². The molecule has 3 atom stereocenters. The number of likely N-dealkylation sites (tertiary alicyclic amines) is 2. The fraction of sp³-hybridized carbons (Fsp3) is 0.500. The fourth-order valence-electron chi connectivity index (χ4n) is 5.12. The van der Waals surface area contributed by atoms with E-state index < -0.39 is 11.8 Å². The van der Waals surface area contributed by atoms with Crippen molar-refractivity contribution in [2.75, 3.05) is 46.9 Å². The van der Waals surface area contributed by atoms with E-state index in [4.69, 9.17) is 25.5 Å². The van der Waals surface area contributed by atoms with Crippen LogP contribution in [0.1, 0.15) is 34.7 Å². The van der Waals surface area contributed by atoms with E-state index in [0.29, 0.717) is 36.7 Å². The van der Waals surface area contributed by atoms with Crippen LogP contribution < -0.4 is 20.1 Å². The molecule has 2 saturated heterocycles. The normalized spacial score (nSPS) is 20.4. The molecule has 4 amide bonds. The highest BCUT2D eigenvalue weighted by Crippen LogP contribution is 2.37. The smallest absolute Gasteiger partial charge is 0.292 e. The number of ether oxygens (including phenoxy) is 2. The van der Waals surface area contributed by atoms with Crippen molar-refractivity contribution in [2.45, 2.75) is 20.0 Å². The third kappa shape index (κ3) is 6.27. The van der Waals surface area contributed by atoms with Gasteiger partial charge in [-0.3, -0.25) is 19.2 Å². The summed E-state index contributed by atoms with van der Waals surface area (Å²) in [5.74, 6) is -1.40. The summed E-state index contributed by atoms with van der Waals surface area (Å²) in [6, 6.07) is 5.02. The molecule has 0 radical (unpaired) electrons. The molecule has 13 heteroatoms. The number of nitrogens with zero attached hydrogens (tertiary/aromatic N) is 3. The summed E-state index contributed by atoms with van der Waals surface area (Å²) >= 11 is 5.75. The molecule has 2 aliphatic rings. The molecule has 2 fully saturated rings. The number of carbonyl (C=O) groups is 4. The van der Waals surface area contributed by atoms with Crippen molar-refractivity contribution in [3.05, 3.63) is 41.1 Å². The van der Waals surface area contributed by atoms with Gasteiger partial charge in [-0.1, -0.05) is 0 Å². The van der Waals surface area contributed by atoms with Crippen molar-refractivity contribution in [1.82, 2.24) is 25.4 Å². The first kappa shape index (κ1) is 28.2. The van der Waals surface area contributed by atoms with Gasteiger partial charge in [-0.2, -0.15) is 4.98 Å². The minimum absolute atomic E-state index is 0.0321. The lowest BCUT2D eigenvalue weighted by molar-refractivity contribution is -0.131. The van der Waals surface area contributed by atoms with Crippen molar-refractivity contribution < 1.29 is 33.1 Å². The number of piperidine rings is 1. The Kier molecular flexibility index (Phi) is 8.63. The molecule has 2 aromatic rings. The Balaban J connectivity index is 1.55. The maximum absolute atomic E-state index is 13.5. The summed E-state index contributed by atoms with van der Waals surface area (Å²) in [6.07, 6.45) is 1.11. The molecule has 0 spiro atoms. The average molecular weight is 562 g/mol. The molecule has 1 aromatic carbocycles. The second-order valence-electron chi connectivity index (χ2n) is 9.86. The van der Waals surface area contributed by atoms with Crippen LogP contribution in [-0.2, 0) is 9.59 Å². The van der Waals surface area contributed by atoms with Crippen LogP contribution >= 0.6 is 11.6 Å². The number of nitrogens with one attached hydrogen (secondary N) is 2. The van der Waals surface area contributed by atoms with Crippen LogP contribution in [0.5, 0.6) is 11.5 Å². The number of carbonyl (C=O) groups excluding carboxylic acids is 4. The SMILES string of the molecule is CNC(=O)CNC(=O)C1CN(C(=O)c2coc(Cl)n2)CC2CN(C(=O)c3ccc(OC(C)C)c(OC)c3)CC21. The monoisotopic (exact) mass is 561 g/mol. The van der Waals surface area contributed by atoms with E-state index in [0.717, 1.165) is 0 Å². The second kappa shape index (κ2) is 11.9. The van der Waals surface area contributed by atoms with Crippen LogP contribution in [0.2, 0.25) is 5.35 Å². The number of hydrogen-bond donors (Lipinski definition) is 2. The largest absolute Gasteiger partial charge is 0.493 e. The number of hydrogen-bond acceptors (Lipinski definition) is 8. The molecule has 39 heavy (non-hydrogen) atoms. The predicted octanol–water partition coefficient (Wildman–Crippen LogP) is 1.45. The minimum Gasteiger partial charge on any atom is -0.493 e. The van der Waals surface area contributed by atoms with Crippen LogP contribution in [0.4, 0.5) is 0 Å². The Morgan fingerprint density at radius 1 is 1.10 bits per heavy atom. The van der Waals surface area contributed by atoms with E-state index in [1.807, 2.05) is 13.8 Å². The maximum atomic E-state index is 13.5. The van der Waals surface area contributed by atoms with E-state index in [1.165, 1.54) is 25.3 Å². The predicted molar refractivity (Wildman–Crippen MR) is 140 cm³/mol. The van der Waals surface area contributed by atoms with Crippen LogP contribution in [0.3, 0.4) is 0 Å². The number of aromatic nitrogens is 1. The van der Waals surface area contributed by atoms with Crippen LogP contribution in [0, 0.1) is 17.8 Å². The fourth-order valence-corrected chi connectivity index (χ4v) is 5.25. The van der Waals surface area contributed by atoms with E-state index in [2.05, 4.69) is 15.6 Å². The Morgan fingerprint density at radius 2 is 1.82 bits per heavy atom. The van der Waals surface area contributed by atoms with Crippen molar-refractivity contribution in [1.29, 1.82) is 0 Å². The van der Waals surface area contributed by atoms with Gasteiger partial charge in [-0.05, 0) is 55.5 Å². The van der Waals surface area contributed by atoms with Crippen molar-refractivity contribution in [2.24, 2.45) is 17.8 Å². The molecule has 0 saturated carbocycles. The number of likely N-dealkylation sites (N-methyl/N-ethyl adjacent to an activating group) is 1. The van der Waals surface area contributed by atoms with Crippen LogP contribution in [-0.4, -0.2) is 91.4 Å². The van der Waals surface area contributed by atoms with Gasteiger partial charge in [0.2, 0.25) is 11.8 Å². The molecule has 0 aliphatic carbocycles. The zero-order valence-corrected chi connectivity index (χ0v) is 23.0. The van der Waals surface area contributed by atoms with Crippen molar-refractivity contribution in [3.63, 3.8) is 0 Å². The lowest BCUT2D eigenvalue weighted by atomic mass is 9.79. The molecule has 3 unspecified atom stereocenters. The van der Waals surface area contributed by atoms with E-state index in [9.17, 15) is 19.2 Å². The number of fused-ring (bicyclic) bond motifs is 1. The zero-order valence-electron chi connectivity index (χ0n) is 22.2. The van der Waals surface area contributed by atoms with Crippen LogP contribution in [0.15, 0.2) is 28.9 Å². The molecular weight excluding hydrogens is 530 g/mol. The van der Waals surface area contributed by atoms with Crippen LogP contribution in [0.25, 0.3) is 0 Å². The molecule has 1 aromatic heterocycles. The standard InChI is InChI=1S/C26H32ClN5O7/c1-14(2)39-20-6-5-15(7-21(20)37-4)24(35)31-9-16-10-32(25(36)19-13-38-26(27)30-19)12-18(17(16)11-31)23(34)29-8-22(33)28-3/h5-7,13-14,16-18H,8-12H2,1-4H3,(H,28,33)(H,29,34). The van der Waals surface area contributed by atoms with Gasteiger partial charge in [0, 0.05) is 38.8 Å². The molecule has 0 bridgehead atoms. The van der Waals surface area contributed by atoms with Gasteiger partial charge in [-0.25, -0.2) is 0 Å². The van der Waals surface area contributed by atoms with Gasteiger partial charge in [-0.15, -0.1) is 0 Å². The summed E-state index contributed by atoms with van der Waals surface area (Å²) in [7, 11) is 2.99. The highest BCUT2D eigenvalue weighted by Gasteiger charge is 2.48. The Labute approximate surface area is 230 Å². The Morgan fingerprint density at radius 3 is 2.44 bits per heavy atom. The van der Waals surface area contributed by atoms with Gasteiger partial charge in [0.05, 0.1) is 25.7 Å². The maximum Gasteiger partial charge on any atom is 0.292 e. The zero-order chi connectivity index (χ0) is 28.3. The van der Waals surface area contributed by atoms with Gasteiger partial charge < -0.3 is 34.3 Å². The Hall–Kier alpha value is -3.80. The lowest BCUT2D eigenvalue weighted by Gasteiger charge is -2.39. The molecule has 4 rings (SSSR count). The average Bonchev–Trinajstić information content (AvgIpc) is 3.56. The first-order chi connectivity index (χ1) is 18.6. The second-order valence-corrected chi connectivity index (χ2v) is 10.2.